The molecule has 0 aliphatic heterocycles. The molecule has 6 heteroatoms. The number of hydrogen-bond acceptors (Lipinski definition) is 4. The lowest BCUT2D eigenvalue weighted by Crippen LogP contribution is -2.31. The highest BCUT2D eigenvalue weighted by Gasteiger charge is 2.13. The zero-order valence-corrected chi connectivity index (χ0v) is 14.4. The van der Waals surface area contributed by atoms with Crippen LogP contribution in [0.25, 0.3) is 11.0 Å². The van der Waals surface area contributed by atoms with Gasteiger partial charge >= 0.3 is 5.63 Å². The molecule has 0 bridgehead atoms. The van der Waals surface area contributed by atoms with Crippen LogP contribution in [0.3, 0.4) is 0 Å². The van der Waals surface area contributed by atoms with Gasteiger partial charge in [0.05, 0.1) is 5.69 Å². The maximum absolute atomic E-state index is 13.7. The maximum atomic E-state index is 13.7. The standard InChI is InChI=1S/C20H19FN2O3/c1-23(17-9-4-3-8-16(17)21)12-6-11-22-19(24)15-13-14-7-2-5-10-18(14)26-20(15)25/h2-5,7-10,13H,6,11-12H2,1H3,(H,22,24). The summed E-state index contributed by atoms with van der Waals surface area (Å²) in [5, 5.41) is 3.40. The van der Waals surface area contributed by atoms with Crippen molar-refractivity contribution in [3.63, 3.8) is 0 Å². The van der Waals surface area contributed by atoms with Gasteiger partial charge in [-0.05, 0) is 30.7 Å². The van der Waals surface area contributed by atoms with Crippen LogP contribution in [0.1, 0.15) is 16.8 Å². The van der Waals surface area contributed by atoms with Gasteiger partial charge < -0.3 is 14.6 Å². The Hall–Kier alpha value is -3.15. The molecule has 0 atom stereocenters. The smallest absolute Gasteiger partial charge is 0.349 e. The number of hydrogen-bond donors (Lipinski definition) is 1. The van der Waals surface area contributed by atoms with Gasteiger partial charge in [0.15, 0.2) is 0 Å². The van der Waals surface area contributed by atoms with E-state index < -0.39 is 11.5 Å². The zero-order chi connectivity index (χ0) is 18.5. The number of nitrogens with one attached hydrogen (secondary N) is 1. The van der Waals surface area contributed by atoms with Crippen molar-refractivity contribution >= 4 is 22.6 Å². The molecule has 1 amide bonds. The average Bonchev–Trinajstić information content (AvgIpc) is 2.64. The summed E-state index contributed by atoms with van der Waals surface area (Å²) in [4.78, 5) is 26.0. The molecule has 0 aliphatic rings. The highest BCUT2D eigenvalue weighted by Crippen LogP contribution is 2.17. The molecule has 0 radical (unpaired) electrons. The highest BCUT2D eigenvalue weighted by atomic mass is 19.1. The van der Waals surface area contributed by atoms with Gasteiger partial charge in [-0.3, -0.25) is 4.79 Å². The van der Waals surface area contributed by atoms with E-state index in [2.05, 4.69) is 5.32 Å². The number of carbonyl (C=O) groups excluding carboxylic acids is 1. The normalized spacial score (nSPS) is 10.7. The second-order valence-corrected chi connectivity index (χ2v) is 5.97. The van der Waals surface area contributed by atoms with Crippen LogP contribution in [0.15, 0.2) is 63.8 Å². The number of amides is 1. The number of para-hydroxylation sites is 2. The quantitative estimate of drug-likeness (QED) is 0.545. The molecule has 134 valence electrons. The Morgan fingerprint density at radius 3 is 2.69 bits per heavy atom. The molecule has 0 aliphatic carbocycles. The number of carbonyl (C=O) groups is 1. The summed E-state index contributed by atoms with van der Waals surface area (Å²) in [6.45, 7) is 0.928. The first-order valence-corrected chi connectivity index (χ1v) is 8.33. The van der Waals surface area contributed by atoms with Gasteiger partial charge in [-0.15, -0.1) is 0 Å². The Kier molecular flexibility index (Phi) is 5.31. The van der Waals surface area contributed by atoms with Gasteiger partial charge in [0.25, 0.3) is 5.91 Å². The van der Waals surface area contributed by atoms with Crippen molar-refractivity contribution < 1.29 is 13.6 Å². The van der Waals surface area contributed by atoms with Gasteiger partial charge in [0.2, 0.25) is 0 Å². The predicted molar refractivity (Wildman–Crippen MR) is 99.1 cm³/mol. The minimum absolute atomic E-state index is 0.0221. The minimum atomic E-state index is -0.662. The number of nitrogens with zero attached hydrogens (tertiary/aromatic N) is 1. The summed E-state index contributed by atoms with van der Waals surface area (Å²) < 4.78 is 18.9. The first kappa shape index (κ1) is 17.7. The lowest BCUT2D eigenvalue weighted by Gasteiger charge is -2.19. The predicted octanol–water partition coefficient (Wildman–Crippen LogP) is 3.19. The number of anilines is 1. The molecule has 26 heavy (non-hydrogen) atoms. The van der Waals surface area contributed by atoms with E-state index in [1.807, 2.05) is 6.07 Å². The van der Waals surface area contributed by atoms with Crippen molar-refractivity contribution in [3.8, 4) is 0 Å². The summed E-state index contributed by atoms with van der Waals surface area (Å²) >= 11 is 0. The van der Waals surface area contributed by atoms with E-state index in [4.69, 9.17) is 4.42 Å². The first-order valence-electron chi connectivity index (χ1n) is 8.33. The van der Waals surface area contributed by atoms with E-state index in [1.54, 1.807) is 48.3 Å². The van der Waals surface area contributed by atoms with Crippen LogP contribution in [0.2, 0.25) is 0 Å². The second kappa shape index (κ2) is 7.82. The lowest BCUT2D eigenvalue weighted by atomic mass is 10.2. The van der Waals surface area contributed by atoms with Gasteiger partial charge in [-0.25, -0.2) is 9.18 Å². The maximum Gasteiger partial charge on any atom is 0.349 e. The van der Waals surface area contributed by atoms with Crippen molar-refractivity contribution in [3.05, 3.63) is 76.4 Å². The fourth-order valence-corrected chi connectivity index (χ4v) is 2.72. The fraction of sp³-hybridized carbons (Fsp3) is 0.200. The third kappa shape index (κ3) is 3.91. The monoisotopic (exact) mass is 354 g/mol. The Bertz CT molecular complexity index is 984. The molecule has 3 aromatic rings. The van der Waals surface area contributed by atoms with Crippen LogP contribution in [0, 0.1) is 5.82 Å². The van der Waals surface area contributed by atoms with E-state index in [0.717, 1.165) is 0 Å². The molecule has 0 fully saturated rings. The molecule has 3 rings (SSSR count). The van der Waals surface area contributed by atoms with Crippen molar-refractivity contribution in [2.24, 2.45) is 0 Å². The van der Waals surface area contributed by atoms with E-state index in [1.165, 1.54) is 12.1 Å². The summed E-state index contributed by atoms with van der Waals surface area (Å²) in [5.41, 5.74) is 0.269. The molecule has 0 unspecified atom stereocenters. The zero-order valence-electron chi connectivity index (χ0n) is 14.4. The minimum Gasteiger partial charge on any atom is -0.422 e. The van der Waals surface area contributed by atoms with Crippen LogP contribution < -0.4 is 15.8 Å². The highest BCUT2D eigenvalue weighted by molar-refractivity contribution is 5.96. The fourth-order valence-electron chi connectivity index (χ4n) is 2.72. The average molecular weight is 354 g/mol. The number of benzene rings is 2. The van der Waals surface area contributed by atoms with Crippen LogP contribution in [0.5, 0.6) is 0 Å². The molecule has 0 spiro atoms. The van der Waals surface area contributed by atoms with Gasteiger partial charge in [-0.2, -0.15) is 0 Å². The van der Waals surface area contributed by atoms with E-state index in [9.17, 15) is 14.0 Å². The third-order valence-electron chi connectivity index (χ3n) is 4.11. The van der Waals surface area contributed by atoms with Gasteiger partial charge in [-0.1, -0.05) is 30.3 Å². The molecule has 0 saturated carbocycles. The topological polar surface area (TPSA) is 62.6 Å². The summed E-state index contributed by atoms with van der Waals surface area (Å²) in [7, 11) is 1.79. The van der Waals surface area contributed by atoms with Gasteiger partial charge in [0.1, 0.15) is 17.0 Å². The number of halogens is 1. The van der Waals surface area contributed by atoms with Crippen LogP contribution in [-0.2, 0) is 0 Å². The third-order valence-corrected chi connectivity index (χ3v) is 4.11. The Morgan fingerprint density at radius 2 is 1.88 bits per heavy atom. The number of fused-ring (bicyclic) bond motifs is 1. The lowest BCUT2D eigenvalue weighted by molar-refractivity contribution is 0.0950. The molecule has 1 aromatic heterocycles. The molecular weight excluding hydrogens is 335 g/mol. The molecule has 0 saturated heterocycles. The summed E-state index contributed by atoms with van der Waals surface area (Å²) in [6, 6.07) is 15.1. The largest absolute Gasteiger partial charge is 0.422 e. The second-order valence-electron chi connectivity index (χ2n) is 5.97. The molecular formula is C20H19FN2O3. The van der Waals surface area contributed by atoms with Crippen molar-refractivity contribution in [1.29, 1.82) is 0 Å². The SMILES string of the molecule is CN(CCCNC(=O)c1cc2ccccc2oc1=O)c1ccccc1F. The van der Waals surface area contributed by atoms with Crippen molar-refractivity contribution in [2.75, 3.05) is 25.0 Å². The number of rotatable bonds is 6. The van der Waals surface area contributed by atoms with E-state index >= 15 is 0 Å². The first-order chi connectivity index (χ1) is 12.6. The van der Waals surface area contributed by atoms with E-state index in [-0.39, 0.29) is 11.4 Å². The molecule has 5 nitrogen and oxygen atoms in total. The van der Waals surface area contributed by atoms with Gasteiger partial charge in [0, 0.05) is 25.5 Å². The Balaban J connectivity index is 1.57. The van der Waals surface area contributed by atoms with Crippen molar-refractivity contribution in [2.45, 2.75) is 6.42 Å². The van der Waals surface area contributed by atoms with Crippen LogP contribution in [-0.4, -0.2) is 26.0 Å². The van der Waals surface area contributed by atoms with E-state index in [0.29, 0.717) is 36.2 Å². The molecule has 1 heterocycles. The summed E-state index contributed by atoms with van der Waals surface area (Å²) in [5.74, 6) is -0.758. The van der Waals surface area contributed by atoms with Crippen LogP contribution >= 0.6 is 0 Å². The summed E-state index contributed by atoms with van der Waals surface area (Å²) in [6.07, 6.45) is 0.607. The molecule has 1 N–H and O–H groups in total. The van der Waals surface area contributed by atoms with Crippen molar-refractivity contribution in [1.82, 2.24) is 5.32 Å². The Labute approximate surface area is 150 Å². The van der Waals surface area contributed by atoms with Crippen LogP contribution in [0.4, 0.5) is 10.1 Å². The Morgan fingerprint density at radius 1 is 1.15 bits per heavy atom. The molecule has 2 aromatic carbocycles.